The van der Waals surface area contributed by atoms with Crippen molar-refractivity contribution in [1.82, 2.24) is 5.32 Å². The molecule has 1 unspecified atom stereocenters. The van der Waals surface area contributed by atoms with Gasteiger partial charge in [-0.3, -0.25) is 0 Å². The number of rotatable bonds is 9. The second-order valence-electron chi connectivity index (χ2n) is 6.23. The maximum Gasteiger partial charge on any atom is 0.150 e. The summed E-state index contributed by atoms with van der Waals surface area (Å²) >= 11 is 0. The maximum atomic E-state index is 12.0. The average molecular weight is 309 g/mol. The molecule has 0 amide bonds. The molecule has 0 radical (unpaired) electrons. The molecule has 1 fully saturated rings. The number of hydrogen-bond acceptors (Lipinski definition) is 3. The molecule has 0 bridgehead atoms. The van der Waals surface area contributed by atoms with Gasteiger partial charge in [0, 0.05) is 18.3 Å². The van der Waals surface area contributed by atoms with Crippen molar-refractivity contribution in [2.75, 3.05) is 18.1 Å². The van der Waals surface area contributed by atoms with Crippen LogP contribution in [-0.4, -0.2) is 32.5 Å². The van der Waals surface area contributed by atoms with Crippen LogP contribution in [0.15, 0.2) is 24.3 Å². The SMILES string of the molecule is CCCS(=O)(=O)CCC(CNC1CC1)c1cccc(C)c1. The molecule has 1 aliphatic carbocycles. The molecule has 1 aromatic carbocycles. The van der Waals surface area contributed by atoms with Crippen LogP contribution in [0.1, 0.15) is 49.7 Å². The van der Waals surface area contributed by atoms with Gasteiger partial charge < -0.3 is 5.32 Å². The Morgan fingerprint density at radius 3 is 2.67 bits per heavy atom. The van der Waals surface area contributed by atoms with Crippen LogP contribution in [0, 0.1) is 6.92 Å². The molecule has 0 saturated heterocycles. The summed E-state index contributed by atoms with van der Waals surface area (Å²) in [7, 11) is -2.90. The summed E-state index contributed by atoms with van der Waals surface area (Å²) in [4.78, 5) is 0. The van der Waals surface area contributed by atoms with E-state index in [2.05, 4.69) is 36.5 Å². The Morgan fingerprint density at radius 1 is 1.29 bits per heavy atom. The van der Waals surface area contributed by atoms with E-state index in [1.165, 1.54) is 24.0 Å². The minimum Gasteiger partial charge on any atom is -0.313 e. The lowest BCUT2D eigenvalue weighted by Gasteiger charge is -2.19. The van der Waals surface area contributed by atoms with E-state index in [1.807, 2.05) is 6.92 Å². The van der Waals surface area contributed by atoms with Crippen molar-refractivity contribution in [3.8, 4) is 0 Å². The first-order valence-corrected chi connectivity index (χ1v) is 9.82. The molecule has 1 aliphatic rings. The second kappa shape index (κ2) is 7.41. The third-order valence-electron chi connectivity index (χ3n) is 4.04. The van der Waals surface area contributed by atoms with Crippen molar-refractivity contribution in [3.63, 3.8) is 0 Å². The molecule has 0 aliphatic heterocycles. The van der Waals surface area contributed by atoms with Crippen LogP contribution in [0.5, 0.6) is 0 Å². The fourth-order valence-corrected chi connectivity index (χ4v) is 4.11. The van der Waals surface area contributed by atoms with Crippen LogP contribution in [-0.2, 0) is 9.84 Å². The summed E-state index contributed by atoms with van der Waals surface area (Å²) in [5, 5.41) is 3.55. The first-order chi connectivity index (χ1) is 10.00. The average Bonchev–Trinajstić information content (AvgIpc) is 3.22. The lowest BCUT2D eigenvalue weighted by molar-refractivity contribution is 0.553. The van der Waals surface area contributed by atoms with Crippen LogP contribution in [0.3, 0.4) is 0 Å². The zero-order chi connectivity index (χ0) is 15.3. The van der Waals surface area contributed by atoms with E-state index < -0.39 is 9.84 Å². The van der Waals surface area contributed by atoms with Gasteiger partial charge in [-0.15, -0.1) is 0 Å². The molecule has 3 nitrogen and oxygen atoms in total. The number of hydrogen-bond donors (Lipinski definition) is 1. The summed E-state index contributed by atoms with van der Waals surface area (Å²) in [6.07, 6.45) is 3.94. The molecule has 1 atom stereocenters. The summed E-state index contributed by atoms with van der Waals surface area (Å²) in [5.41, 5.74) is 2.50. The number of aryl methyl sites for hydroxylation is 1. The van der Waals surface area contributed by atoms with Crippen molar-refractivity contribution >= 4 is 9.84 Å². The minimum atomic E-state index is -2.90. The summed E-state index contributed by atoms with van der Waals surface area (Å²) < 4.78 is 23.9. The van der Waals surface area contributed by atoms with Gasteiger partial charge in [-0.25, -0.2) is 8.42 Å². The minimum absolute atomic E-state index is 0.289. The third kappa shape index (κ3) is 5.79. The van der Waals surface area contributed by atoms with Crippen LogP contribution in [0.4, 0.5) is 0 Å². The Bertz CT molecular complexity index is 550. The van der Waals surface area contributed by atoms with E-state index in [-0.39, 0.29) is 5.92 Å². The Kier molecular flexibility index (Phi) is 5.82. The van der Waals surface area contributed by atoms with Gasteiger partial charge in [0.1, 0.15) is 9.84 Å². The van der Waals surface area contributed by atoms with Gasteiger partial charge in [0.15, 0.2) is 0 Å². The Morgan fingerprint density at radius 2 is 2.05 bits per heavy atom. The lowest BCUT2D eigenvalue weighted by Crippen LogP contribution is -2.25. The van der Waals surface area contributed by atoms with E-state index in [4.69, 9.17) is 0 Å². The predicted octanol–water partition coefficient (Wildman–Crippen LogP) is 3.05. The number of sulfone groups is 1. The predicted molar refractivity (Wildman–Crippen MR) is 88.5 cm³/mol. The topological polar surface area (TPSA) is 46.2 Å². The summed E-state index contributed by atoms with van der Waals surface area (Å²) in [6.45, 7) is 4.89. The van der Waals surface area contributed by atoms with Gasteiger partial charge in [-0.05, 0) is 44.1 Å². The van der Waals surface area contributed by atoms with Gasteiger partial charge in [0.25, 0.3) is 0 Å². The van der Waals surface area contributed by atoms with Crippen molar-refractivity contribution < 1.29 is 8.42 Å². The smallest absolute Gasteiger partial charge is 0.150 e. The molecule has 1 N–H and O–H groups in total. The van der Waals surface area contributed by atoms with Crippen LogP contribution in [0.2, 0.25) is 0 Å². The molecule has 2 rings (SSSR count). The van der Waals surface area contributed by atoms with E-state index in [0.29, 0.717) is 30.4 Å². The zero-order valence-electron chi connectivity index (χ0n) is 13.1. The first kappa shape index (κ1) is 16.5. The van der Waals surface area contributed by atoms with Crippen molar-refractivity contribution in [2.24, 2.45) is 0 Å². The highest BCUT2D eigenvalue weighted by Crippen LogP contribution is 2.24. The Labute approximate surface area is 129 Å². The van der Waals surface area contributed by atoms with E-state index in [1.54, 1.807) is 0 Å². The summed E-state index contributed by atoms with van der Waals surface area (Å²) in [5.74, 6) is 0.896. The second-order valence-corrected chi connectivity index (χ2v) is 8.54. The highest BCUT2D eigenvalue weighted by atomic mass is 32.2. The molecule has 21 heavy (non-hydrogen) atoms. The van der Waals surface area contributed by atoms with E-state index >= 15 is 0 Å². The van der Waals surface area contributed by atoms with Crippen LogP contribution in [0.25, 0.3) is 0 Å². The lowest BCUT2D eigenvalue weighted by atomic mass is 9.95. The zero-order valence-corrected chi connectivity index (χ0v) is 14.0. The number of benzene rings is 1. The first-order valence-electron chi connectivity index (χ1n) is 8.00. The Hall–Kier alpha value is -0.870. The van der Waals surface area contributed by atoms with Gasteiger partial charge in [-0.2, -0.15) is 0 Å². The standard InChI is InChI=1S/C17H27NO2S/c1-3-10-21(19,20)11-9-16(13-18-17-7-8-17)15-6-4-5-14(2)12-15/h4-6,12,16-18H,3,7-11,13H2,1-2H3. The van der Waals surface area contributed by atoms with E-state index in [9.17, 15) is 8.42 Å². The quantitative estimate of drug-likeness (QED) is 0.762. The molecular formula is C17H27NO2S. The monoisotopic (exact) mass is 309 g/mol. The molecule has 1 aromatic rings. The fraction of sp³-hybridized carbons (Fsp3) is 0.647. The molecule has 0 aromatic heterocycles. The maximum absolute atomic E-state index is 12.0. The van der Waals surface area contributed by atoms with Crippen LogP contribution < -0.4 is 5.32 Å². The van der Waals surface area contributed by atoms with Gasteiger partial charge >= 0.3 is 0 Å². The fourth-order valence-electron chi connectivity index (χ4n) is 2.64. The molecule has 1 saturated carbocycles. The highest BCUT2D eigenvalue weighted by Gasteiger charge is 2.23. The van der Waals surface area contributed by atoms with Gasteiger partial charge in [-0.1, -0.05) is 36.8 Å². The van der Waals surface area contributed by atoms with Gasteiger partial charge in [0.2, 0.25) is 0 Å². The molecule has 0 spiro atoms. The normalized spacial score (nSPS) is 16.9. The summed E-state index contributed by atoms with van der Waals surface area (Å²) in [6, 6.07) is 9.12. The molecule has 118 valence electrons. The van der Waals surface area contributed by atoms with Crippen molar-refractivity contribution in [3.05, 3.63) is 35.4 Å². The number of nitrogens with one attached hydrogen (secondary N) is 1. The molecule has 0 heterocycles. The third-order valence-corrected chi connectivity index (χ3v) is 5.92. The largest absolute Gasteiger partial charge is 0.313 e. The van der Waals surface area contributed by atoms with E-state index in [0.717, 1.165) is 6.54 Å². The van der Waals surface area contributed by atoms with Crippen molar-refractivity contribution in [1.29, 1.82) is 0 Å². The Balaban J connectivity index is 2.00. The highest BCUT2D eigenvalue weighted by molar-refractivity contribution is 7.91. The molecular weight excluding hydrogens is 282 g/mol. The van der Waals surface area contributed by atoms with Crippen molar-refractivity contribution in [2.45, 2.75) is 51.5 Å². The van der Waals surface area contributed by atoms with Crippen LogP contribution >= 0.6 is 0 Å². The van der Waals surface area contributed by atoms with Gasteiger partial charge in [0.05, 0.1) is 5.75 Å². The molecule has 4 heteroatoms.